The van der Waals surface area contributed by atoms with Crippen LogP contribution in [-0.2, 0) is 17.6 Å². The fourth-order valence-electron chi connectivity index (χ4n) is 4.24. The van der Waals surface area contributed by atoms with Crippen molar-refractivity contribution in [2.45, 2.75) is 63.0 Å². The Morgan fingerprint density at radius 2 is 2.14 bits per heavy atom. The van der Waals surface area contributed by atoms with Gasteiger partial charge in [0.15, 0.2) is 5.82 Å². The summed E-state index contributed by atoms with van der Waals surface area (Å²) in [6.07, 6.45) is 6.31. The van der Waals surface area contributed by atoms with Gasteiger partial charge in [-0.15, -0.1) is 11.3 Å². The molecule has 28 heavy (non-hydrogen) atoms. The summed E-state index contributed by atoms with van der Waals surface area (Å²) in [6, 6.07) is -0.662. The van der Waals surface area contributed by atoms with Gasteiger partial charge in [-0.1, -0.05) is 5.16 Å². The number of aliphatic hydroxyl groups is 1. The lowest BCUT2D eigenvalue weighted by Crippen LogP contribution is -2.39. The number of nitrogens with zero attached hydrogens (tertiary/aromatic N) is 3. The molecule has 2 atom stereocenters. The average molecular weight is 404 g/mol. The second-order valence-corrected chi connectivity index (χ2v) is 9.10. The van der Waals surface area contributed by atoms with E-state index in [4.69, 9.17) is 4.52 Å². The van der Waals surface area contributed by atoms with Crippen LogP contribution in [0.4, 0.5) is 5.00 Å². The van der Waals surface area contributed by atoms with E-state index in [0.717, 1.165) is 48.5 Å². The summed E-state index contributed by atoms with van der Waals surface area (Å²) in [6.45, 7) is 0.723. The number of aryl methyl sites for hydroxylation is 1. The second kappa shape index (κ2) is 7.13. The summed E-state index contributed by atoms with van der Waals surface area (Å²) in [5, 5.41) is 27.8. The Morgan fingerprint density at radius 1 is 1.32 bits per heavy atom. The number of carboxylic acid groups (broad SMARTS) is 1. The number of carbonyl (C=O) groups is 1. The third kappa shape index (κ3) is 3.31. The maximum atomic E-state index is 11.5. The predicted octanol–water partition coefficient (Wildman–Crippen LogP) is 2.44. The molecule has 3 N–H and O–H groups in total. The van der Waals surface area contributed by atoms with Gasteiger partial charge in [-0.05, 0) is 44.1 Å². The number of aromatic nitrogens is 2. The van der Waals surface area contributed by atoms with Crippen molar-refractivity contribution in [3.63, 3.8) is 0 Å². The normalized spacial score (nSPS) is 25.0. The van der Waals surface area contributed by atoms with Gasteiger partial charge in [0.05, 0.1) is 18.3 Å². The topological polar surface area (TPSA) is 112 Å². The van der Waals surface area contributed by atoms with Crippen LogP contribution in [0.15, 0.2) is 4.52 Å². The number of aliphatic hydroxyl groups excluding tert-OH is 1. The first-order chi connectivity index (χ1) is 13.6. The molecule has 0 spiro atoms. The Bertz CT molecular complexity index is 891. The van der Waals surface area contributed by atoms with E-state index in [1.54, 1.807) is 16.2 Å². The monoisotopic (exact) mass is 404 g/mol. The van der Waals surface area contributed by atoms with E-state index in [2.05, 4.69) is 15.5 Å². The van der Waals surface area contributed by atoms with E-state index in [9.17, 15) is 15.0 Å². The van der Waals surface area contributed by atoms with Crippen LogP contribution in [-0.4, -0.2) is 56.6 Å². The van der Waals surface area contributed by atoms with Gasteiger partial charge in [-0.25, -0.2) is 0 Å². The van der Waals surface area contributed by atoms with Gasteiger partial charge in [-0.2, -0.15) is 4.98 Å². The van der Waals surface area contributed by atoms with Crippen molar-refractivity contribution in [3.8, 4) is 11.5 Å². The zero-order valence-electron chi connectivity index (χ0n) is 15.6. The molecule has 0 bridgehead atoms. The van der Waals surface area contributed by atoms with Crippen LogP contribution in [0.25, 0.3) is 11.5 Å². The summed E-state index contributed by atoms with van der Waals surface area (Å²) in [7, 11) is 0. The molecule has 1 saturated heterocycles. The number of anilines is 1. The minimum atomic E-state index is -0.893. The number of rotatable bonds is 6. The Kier molecular flexibility index (Phi) is 4.60. The quantitative estimate of drug-likeness (QED) is 0.673. The Balaban J connectivity index is 1.42. The molecule has 3 heterocycles. The lowest BCUT2D eigenvalue weighted by atomic mass is 9.95. The van der Waals surface area contributed by atoms with Crippen molar-refractivity contribution in [1.29, 1.82) is 0 Å². The summed E-state index contributed by atoms with van der Waals surface area (Å²) in [5.74, 6) is 0.908. The number of nitrogens with one attached hydrogen (secondary N) is 1. The zero-order valence-corrected chi connectivity index (χ0v) is 16.4. The molecule has 2 unspecified atom stereocenters. The highest BCUT2D eigenvalue weighted by atomic mass is 32.1. The number of carboxylic acids is 1. The van der Waals surface area contributed by atoms with Crippen LogP contribution < -0.4 is 5.32 Å². The second-order valence-electron chi connectivity index (χ2n) is 8.00. The minimum absolute atomic E-state index is 0.263. The fourth-order valence-corrected chi connectivity index (χ4v) is 5.51. The van der Waals surface area contributed by atoms with Gasteiger partial charge in [0.25, 0.3) is 5.89 Å². The molecule has 0 aromatic carbocycles. The molecule has 9 heteroatoms. The first-order valence-corrected chi connectivity index (χ1v) is 10.8. The van der Waals surface area contributed by atoms with E-state index in [1.807, 2.05) is 0 Å². The van der Waals surface area contributed by atoms with E-state index in [0.29, 0.717) is 25.0 Å². The average Bonchev–Trinajstić information content (AvgIpc) is 3.12. The molecule has 0 radical (unpaired) electrons. The molecule has 3 aliphatic rings. The molecule has 2 aromatic rings. The van der Waals surface area contributed by atoms with Crippen LogP contribution in [0.5, 0.6) is 0 Å². The summed E-state index contributed by atoms with van der Waals surface area (Å²) in [5.41, 5.74) is 2.28. The fraction of sp³-hybridized carbons (Fsp3) is 0.632. The van der Waals surface area contributed by atoms with Crippen molar-refractivity contribution in [2.24, 2.45) is 0 Å². The SMILES string of the molecule is O=C(O)C1CC(O)CN1CNc1sc2c(c1-c1nc(C3CC3)no1)CCCC2. The van der Waals surface area contributed by atoms with Crippen molar-refractivity contribution >= 4 is 22.3 Å². The number of hydrogen-bond donors (Lipinski definition) is 3. The molecule has 0 amide bonds. The molecule has 2 aromatic heterocycles. The molecule has 2 aliphatic carbocycles. The highest BCUT2D eigenvalue weighted by molar-refractivity contribution is 7.17. The van der Waals surface area contributed by atoms with Crippen molar-refractivity contribution in [2.75, 3.05) is 18.5 Å². The van der Waals surface area contributed by atoms with E-state index >= 15 is 0 Å². The number of β-amino-alcohol motifs (C(OH)–C–C–N with tert-alkyl or cyclic N) is 1. The maximum absolute atomic E-state index is 11.5. The van der Waals surface area contributed by atoms with Gasteiger partial charge < -0.3 is 20.1 Å². The van der Waals surface area contributed by atoms with Crippen molar-refractivity contribution in [3.05, 3.63) is 16.3 Å². The van der Waals surface area contributed by atoms with E-state index in [-0.39, 0.29) is 6.42 Å². The third-order valence-electron chi connectivity index (χ3n) is 5.88. The Morgan fingerprint density at radius 3 is 2.93 bits per heavy atom. The Hall–Kier alpha value is -1.97. The van der Waals surface area contributed by atoms with E-state index in [1.165, 1.54) is 16.9 Å². The van der Waals surface area contributed by atoms with Gasteiger partial charge in [0, 0.05) is 23.8 Å². The molecular weight excluding hydrogens is 380 g/mol. The van der Waals surface area contributed by atoms with Crippen LogP contribution in [0.3, 0.4) is 0 Å². The lowest BCUT2D eigenvalue weighted by molar-refractivity contribution is -0.142. The van der Waals surface area contributed by atoms with Crippen LogP contribution in [0, 0.1) is 0 Å². The predicted molar refractivity (Wildman–Crippen MR) is 103 cm³/mol. The number of hydrogen-bond acceptors (Lipinski definition) is 8. The van der Waals surface area contributed by atoms with Gasteiger partial charge in [-0.3, -0.25) is 9.69 Å². The number of aliphatic carboxylic acids is 1. The summed E-state index contributed by atoms with van der Waals surface area (Å²) >= 11 is 1.71. The maximum Gasteiger partial charge on any atom is 0.321 e. The molecular formula is C19H24N4O4S. The molecule has 2 fully saturated rings. The van der Waals surface area contributed by atoms with Crippen LogP contribution >= 0.6 is 11.3 Å². The first-order valence-electron chi connectivity index (χ1n) is 9.97. The summed E-state index contributed by atoms with van der Waals surface area (Å²) < 4.78 is 5.62. The molecule has 150 valence electrons. The molecule has 5 rings (SSSR count). The zero-order chi connectivity index (χ0) is 19.3. The highest BCUT2D eigenvalue weighted by Gasteiger charge is 2.36. The molecule has 8 nitrogen and oxygen atoms in total. The largest absolute Gasteiger partial charge is 0.480 e. The van der Waals surface area contributed by atoms with E-state index < -0.39 is 18.1 Å². The lowest BCUT2D eigenvalue weighted by Gasteiger charge is -2.21. The summed E-state index contributed by atoms with van der Waals surface area (Å²) in [4.78, 5) is 19.3. The van der Waals surface area contributed by atoms with Crippen LogP contribution in [0.1, 0.15) is 54.3 Å². The van der Waals surface area contributed by atoms with Gasteiger partial charge in [0.2, 0.25) is 0 Å². The molecule has 1 saturated carbocycles. The number of fused-ring (bicyclic) bond motifs is 1. The molecule has 1 aliphatic heterocycles. The minimum Gasteiger partial charge on any atom is -0.480 e. The van der Waals surface area contributed by atoms with Gasteiger partial charge in [0.1, 0.15) is 11.0 Å². The smallest absolute Gasteiger partial charge is 0.321 e. The Labute approximate surface area is 166 Å². The highest BCUT2D eigenvalue weighted by Crippen LogP contribution is 2.45. The first kappa shape index (κ1) is 18.1. The third-order valence-corrected chi connectivity index (χ3v) is 7.13. The van der Waals surface area contributed by atoms with Crippen molar-refractivity contribution in [1.82, 2.24) is 15.0 Å². The van der Waals surface area contributed by atoms with Crippen molar-refractivity contribution < 1.29 is 19.5 Å². The van der Waals surface area contributed by atoms with Crippen LogP contribution in [0.2, 0.25) is 0 Å². The number of thiophene rings is 1. The van der Waals surface area contributed by atoms with Gasteiger partial charge >= 0.3 is 5.97 Å². The standard InChI is InChI=1S/C19H24N4O4S/c24-11-7-13(19(25)26)23(8-11)9-20-18-15(12-3-1-2-4-14(12)28-18)17-21-16(22-27-17)10-5-6-10/h10-11,13,20,24H,1-9H2,(H,25,26). The number of likely N-dealkylation sites (tertiary alicyclic amines) is 1.